The Morgan fingerprint density at radius 1 is 1.25 bits per heavy atom. The molecule has 0 amide bonds. The number of nitrogens with zero attached hydrogens (tertiary/aromatic N) is 1. The lowest BCUT2D eigenvalue weighted by molar-refractivity contribution is -0.384. The van der Waals surface area contributed by atoms with Gasteiger partial charge in [0, 0.05) is 18.2 Å². The number of hydrogen-bond acceptors (Lipinski definition) is 5. The molecule has 6 nitrogen and oxygen atoms in total. The van der Waals surface area contributed by atoms with Crippen LogP contribution in [0.2, 0.25) is 0 Å². The van der Waals surface area contributed by atoms with Gasteiger partial charge in [0.05, 0.1) is 15.1 Å². The van der Waals surface area contributed by atoms with Gasteiger partial charge in [0.2, 0.25) is 0 Å². The zero-order valence-electron chi connectivity index (χ0n) is 11.4. The van der Waals surface area contributed by atoms with E-state index in [9.17, 15) is 18.5 Å². The van der Waals surface area contributed by atoms with Crippen molar-refractivity contribution in [2.75, 3.05) is 7.05 Å². The lowest BCUT2D eigenvalue weighted by Gasteiger charge is -2.20. The Balaban J connectivity index is 2.29. The zero-order valence-corrected chi connectivity index (χ0v) is 12.3. The second kappa shape index (κ2) is 5.49. The highest BCUT2D eigenvalue weighted by Crippen LogP contribution is 2.34. The van der Waals surface area contributed by atoms with Crippen molar-refractivity contribution >= 4 is 15.5 Å². The summed E-state index contributed by atoms with van der Waals surface area (Å²) in [6.07, 6.45) is 1.44. The normalized spacial score (nSPS) is 26.6. The van der Waals surface area contributed by atoms with Crippen molar-refractivity contribution in [3.63, 3.8) is 0 Å². The number of benzene rings is 1. The number of hydrogen-bond donors (Lipinski definition) is 1. The predicted molar refractivity (Wildman–Crippen MR) is 75.3 cm³/mol. The molecule has 1 aromatic rings. The Morgan fingerprint density at radius 3 is 2.30 bits per heavy atom. The maximum Gasteiger partial charge on any atom is 0.269 e. The van der Waals surface area contributed by atoms with E-state index in [1.165, 1.54) is 24.3 Å². The van der Waals surface area contributed by atoms with E-state index in [2.05, 4.69) is 5.32 Å². The van der Waals surface area contributed by atoms with Crippen LogP contribution in [0.3, 0.4) is 0 Å². The van der Waals surface area contributed by atoms with E-state index in [1.54, 1.807) is 0 Å². The van der Waals surface area contributed by atoms with Gasteiger partial charge in [0.1, 0.15) is 0 Å². The highest BCUT2D eigenvalue weighted by Gasteiger charge is 2.40. The summed E-state index contributed by atoms with van der Waals surface area (Å²) in [6.45, 7) is 1.93. The molecule has 0 radical (unpaired) electrons. The SMILES string of the molecule is CNC1CCC(S(=O)(=O)c2ccc([N+](=O)[O-])cc2)C1C. The Labute approximate surface area is 118 Å². The van der Waals surface area contributed by atoms with Gasteiger partial charge in [0.15, 0.2) is 9.84 Å². The third-order valence-electron chi connectivity index (χ3n) is 4.13. The van der Waals surface area contributed by atoms with Crippen molar-refractivity contribution < 1.29 is 13.3 Å². The van der Waals surface area contributed by atoms with Gasteiger partial charge in [-0.3, -0.25) is 10.1 Å². The number of nitro benzene ring substituents is 1. The molecule has 0 bridgehead atoms. The number of non-ortho nitro benzene ring substituents is 1. The van der Waals surface area contributed by atoms with Crippen LogP contribution < -0.4 is 5.32 Å². The molecule has 3 atom stereocenters. The van der Waals surface area contributed by atoms with Crippen LogP contribution in [0.25, 0.3) is 0 Å². The third kappa shape index (κ3) is 2.55. The van der Waals surface area contributed by atoms with E-state index in [4.69, 9.17) is 0 Å². The second-order valence-electron chi connectivity index (χ2n) is 5.17. The molecular formula is C13H18N2O4S. The summed E-state index contributed by atoms with van der Waals surface area (Å²) in [4.78, 5) is 10.2. The minimum Gasteiger partial charge on any atom is -0.317 e. The van der Waals surface area contributed by atoms with E-state index in [0.717, 1.165) is 6.42 Å². The second-order valence-corrected chi connectivity index (χ2v) is 7.33. The number of sulfone groups is 1. The van der Waals surface area contributed by atoms with Crippen molar-refractivity contribution in [3.8, 4) is 0 Å². The molecule has 0 aromatic heterocycles. The molecule has 20 heavy (non-hydrogen) atoms. The average Bonchev–Trinajstić information content (AvgIpc) is 2.80. The van der Waals surface area contributed by atoms with Gasteiger partial charge in [-0.2, -0.15) is 0 Å². The minimum atomic E-state index is -3.44. The molecule has 110 valence electrons. The van der Waals surface area contributed by atoms with Gasteiger partial charge >= 0.3 is 0 Å². The summed E-state index contributed by atoms with van der Waals surface area (Å²) in [5.41, 5.74) is -0.100. The van der Waals surface area contributed by atoms with Crippen LogP contribution in [0.15, 0.2) is 29.2 Å². The fraction of sp³-hybridized carbons (Fsp3) is 0.538. The standard InChI is InChI=1S/C13H18N2O4S/c1-9-12(14-2)7-8-13(9)20(18,19)11-5-3-10(4-6-11)15(16)17/h3-6,9,12-14H,7-8H2,1-2H3. The van der Waals surface area contributed by atoms with Crippen LogP contribution in [-0.2, 0) is 9.84 Å². The minimum absolute atomic E-state index is 0.0280. The predicted octanol–water partition coefficient (Wildman–Crippen LogP) is 1.76. The molecule has 7 heteroatoms. The Morgan fingerprint density at radius 2 is 1.85 bits per heavy atom. The van der Waals surface area contributed by atoms with E-state index in [0.29, 0.717) is 6.42 Å². The Kier molecular flexibility index (Phi) is 4.10. The van der Waals surface area contributed by atoms with Crippen LogP contribution in [-0.4, -0.2) is 31.7 Å². The van der Waals surface area contributed by atoms with Gasteiger partial charge in [-0.15, -0.1) is 0 Å². The molecule has 1 saturated carbocycles. The number of rotatable bonds is 4. The number of nitrogens with one attached hydrogen (secondary N) is 1. The molecule has 0 spiro atoms. The lowest BCUT2D eigenvalue weighted by atomic mass is 10.1. The maximum atomic E-state index is 12.6. The van der Waals surface area contributed by atoms with Gasteiger partial charge in [0.25, 0.3) is 5.69 Å². The van der Waals surface area contributed by atoms with Crippen molar-refractivity contribution in [2.45, 2.75) is 36.0 Å². The van der Waals surface area contributed by atoms with Gasteiger partial charge < -0.3 is 5.32 Å². The van der Waals surface area contributed by atoms with E-state index < -0.39 is 20.0 Å². The highest BCUT2D eigenvalue weighted by atomic mass is 32.2. The largest absolute Gasteiger partial charge is 0.317 e. The molecule has 2 rings (SSSR count). The molecule has 1 aliphatic carbocycles. The Hall–Kier alpha value is -1.47. The maximum absolute atomic E-state index is 12.6. The molecule has 0 saturated heterocycles. The van der Waals surface area contributed by atoms with Crippen molar-refractivity contribution in [1.82, 2.24) is 5.32 Å². The lowest BCUT2D eigenvalue weighted by Crippen LogP contribution is -2.34. The van der Waals surface area contributed by atoms with E-state index in [-0.39, 0.29) is 22.5 Å². The van der Waals surface area contributed by atoms with Gasteiger partial charge in [-0.1, -0.05) is 6.92 Å². The molecule has 1 aliphatic rings. The van der Waals surface area contributed by atoms with Gasteiger partial charge in [-0.25, -0.2) is 8.42 Å². The fourth-order valence-electron chi connectivity index (χ4n) is 2.91. The van der Waals surface area contributed by atoms with Crippen LogP contribution in [0.5, 0.6) is 0 Å². The van der Waals surface area contributed by atoms with Crippen LogP contribution in [0.4, 0.5) is 5.69 Å². The first-order valence-electron chi connectivity index (χ1n) is 6.53. The average molecular weight is 298 g/mol. The molecule has 1 N–H and O–H groups in total. The Bertz CT molecular complexity index is 597. The molecule has 3 unspecified atom stereocenters. The summed E-state index contributed by atoms with van der Waals surface area (Å²) in [6, 6.07) is 5.33. The summed E-state index contributed by atoms with van der Waals surface area (Å²) in [5, 5.41) is 13.3. The van der Waals surface area contributed by atoms with Crippen LogP contribution in [0, 0.1) is 16.0 Å². The van der Waals surface area contributed by atoms with Crippen LogP contribution >= 0.6 is 0 Å². The zero-order chi connectivity index (χ0) is 14.9. The van der Waals surface area contributed by atoms with Crippen molar-refractivity contribution in [3.05, 3.63) is 34.4 Å². The van der Waals surface area contributed by atoms with Gasteiger partial charge in [-0.05, 0) is 37.9 Å². The van der Waals surface area contributed by atoms with E-state index in [1.807, 2.05) is 14.0 Å². The smallest absolute Gasteiger partial charge is 0.269 e. The van der Waals surface area contributed by atoms with Crippen molar-refractivity contribution in [2.24, 2.45) is 5.92 Å². The highest BCUT2D eigenvalue weighted by molar-refractivity contribution is 7.92. The molecule has 0 aliphatic heterocycles. The first kappa shape index (κ1) is 14.9. The van der Waals surface area contributed by atoms with E-state index >= 15 is 0 Å². The summed E-state index contributed by atoms with van der Waals surface area (Å²) in [5.74, 6) is 0.0280. The monoisotopic (exact) mass is 298 g/mol. The van der Waals surface area contributed by atoms with Crippen molar-refractivity contribution in [1.29, 1.82) is 0 Å². The summed E-state index contributed by atoms with van der Waals surface area (Å²) < 4.78 is 25.2. The molecule has 1 aromatic carbocycles. The molecule has 1 fully saturated rings. The first-order chi connectivity index (χ1) is 9.37. The topological polar surface area (TPSA) is 89.3 Å². The summed E-state index contributed by atoms with van der Waals surface area (Å²) in [7, 11) is -1.60. The summed E-state index contributed by atoms with van der Waals surface area (Å²) >= 11 is 0. The molecular weight excluding hydrogens is 280 g/mol. The van der Waals surface area contributed by atoms with Crippen LogP contribution in [0.1, 0.15) is 19.8 Å². The third-order valence-corrected chi connectivity index (χ3v) is 6.52. The molecule has 0 heterocycles. The number of nitro groups is 1. The fourth-order valence-corrected chi connectivity index (χ4v) is 4.97. The first-order valence-corrected chi connectivity index (χ1v) is 8.08. The quantitative estimate of drug-likeness (QED) is 0.675.